The van der Waals surface area contributed by atoms with Crippen LogP contribution in [-0.2, 0) is 14.3 Å². The van der Waals surface area contributed by atoms with Gasteiger partial charge in [0.25, 0.3) is 5.69 Å². The maximum atomic E-state index is 13.2. The maximum absolute atomic E-state index is 13.2. The summed E-state index contributed by atoms with van der Waals surface area (Å²) < 4.78 is 18.4. The van der Waals surface area contributed by atoms with Gasteiger partial charge in [-0.15, -0.1) is 0 Å². The van der Waals surface area contributed by atoms with Gasteiger partial charge < -0.3 is 4.74 Å². The van der Waals surface area contributed by atoms with Crippen LogP contribution in [0.25, 0.3) is 0 Å². The Kier molecular flexibility index (Phi) is 3.95. The Balaban J connectivity index is 1.77. The van der Waals surface area contributed by atoms with E-state index in [-0.39, 0.29) is 24.6 Å². The first kappa shape index (κ1) is 16.9. The third kappa shape index (κ3) is 2.84. The van der Waals surface area contributed by atoms with Crippen molar-refractivity contribution < 1.29 is 23.6 Å². The molecule has 0 aliphatic carbocycles. The highest BCUT2D eigenvalue weighted by Gasteiger charge is 2.43. The minimum absolute atomic E-state index is 0.00310. The van der Waals surface area contributed by atoms with Gasteiger partial charge in [-0.05, 0) is 29.8 Å². The Labute approximate surface area is 152 Å². The summed E-state index contributed by atoms with van der Waals surface area (Å²) in [5.41, 5.74) is 1.78. The smallest absolute Gasteiger partial charge is 0.336 e. The van der Waals surface area contributed by atoms with Crippen molar-refractivity contribution in [3.63, 3.8) is 0 Å². The number of nitro benzene ring substituents is 1. The lowest BCUT2D eigenvalue weighted by molar-refractivity contribution is -0.384. The normalized spacial score (nSPS) is 19.1. The number of cyclic esters (lactones) is 1. The second-order valence-corrected chi connectivity index (χ2v) is 6.25. The van der Waals surface area contributed by atoms with Crippen LogP contribution in [0.4, 0.5) is 15.8 Å². The van der Waals surface area contributed by atoms with E-state index < -0.39 is 22.6 Å². The highest BCUT2D eigenvalue weighted by molar-refractivity contribution is 6.06. The first-order chi connectivity index (χ1) is 13.0. The molecular formula is C19H13FN2O5. The van der Waals surface area contributed by atoms with E-state index in [2.05, 4.69) is 0 Å². The number of hydrogen-bond donors (Lipinski definition) is 0. The molecular weight excluding hydrogens is 355 g/mol. The van der Waals surface area contributed by atoms with Crippen molar-refractivity contribution in [1.29, 1.82) is 0 Å². The molecule has 2 aliphatic heterocycles. The molecule has 0 aromatic heterocycles. The second-order valence-electron chi connectivity index (χ2n) is 6.25. The van der Waals surface area contributed by atoms with Crippen molar-refractivity contribution in [2.75, 3.05) is 11.5 Å². The Morgan fingerprint density at radius 1 is 1.07 bits per heavy atom. The molecule has 1 amide bonds. The van der Waals surface area contributed by atoms with E-state index in [1.807, 2.05) is 0 Å². The zero-order valence-electron chi connectivity index (χ0n) is 13.9. The third-order valence-corrected chi connectivity index (χ3v) is 4.71. The summed E-state index contributed by atoms with van der Waals surface area (Å²) in [4.78, 5) is 36.8. The Hall–Kier alpha value is -3.55. The lowest BCUT2D eigenvalue weighted by Crippen LogP contribution is -2.37. The molecule has 0 saturated carbocycles. The molecule has 136 valence electrons. The lowest BCUT2D eigenvalue weighted by Gasteiger charge is -2.31. The van der Waals surface area contributed by atoms with Crippen molar-refractivity contribution in [2.24, 2.45) is 0 Å². The summed E-state index contributed by atoms with van der Waals surface area (Å²) >= 11 is 0. The van der Waals surface area contributed by atoms with E-state index in [1.54, 1.807) is 12.1 Å². The largest absolute Gasteiger partial charge is 0.456 e. The second kappa shape index (κ2) is 6.31. The van der Waals surface area contributed by atoms with Crippen molar-refractivity contribution in [3.8, 4) is 0 Å². The predicted octanol–water partition coefficient (Wildman–Crippen LogP) is 3.07. The number of halogens is 1. The van der Waals surface area contributed by atoms with Crippen LogP contribution in [0, 0.1) is 15.9 Å². The average Bonchev–Trinajstić information content (AvgIpc) is 3.04. The number of esters is 1. The molecule has 2 heterocycles. The number of amides is 1. The molecule has 1 atom stereocenters. The summed E-state index contributed by atoms with van der Waals surface area (Å²) in [6, 6.07) is 11.2. The molecule has 0 bridgehead atoms. The standard InChI is InChI=1S/C19H13FN2O5/c20-12-3-7-13(8-4-12)21-16-10-27-19(24)18(16)15(9-17(21)23)11-1-5-14(6-2-11)22(25)26/h1-8,15H,9-10H2/t15-/m1/s1. The highest BCUT2D eigenvalue weighted by Crippen LogP contribution is 2.42. The topological polar surface area (TPSA) is 89.7 Å². The summed E-state index contributed by atoms with van der Waals surface area (Å²) in [5, 5.41) is 10.8. The van der Waals surface area contributed by atoms with Crippen LogP contribution in [0.15, 0.2) is 59.8 Å². The van der Waals surface area contributed by atoms with Crippen LogP contribution in [0.1, 0.15) is 17.9 Å². The minimum Gasteiger partial charge on any atom is -0.456 e. The molecule has 4 rings (SSSR count). The van der Waals surface area contributed by atoms with Crippen LogP contribution >= 0.6 is 0 Å². The number of carbonyl (C=O) groups excluding carboxylic acids is 2. The Bertz CT molecular complexity index is 982. The first-order valence-corrected chi connectivity index (χ1v) is 8.19. The SMILES string of the molecule is O=C1OCC2=C1[C@@H](c1ccc([N+](=O)[O-])cc1)CC(=O)N2c1ccc(F)cc1. The van der Waals surface area contributed by atoms with Gasteiger partial charge in [-0.3, -0.25) is 19.8 Å². The summed E-state index contributed by atoms with van der Waals surface area (Å²) in [7, 11) is 0. The molecule has 0 radical (unpaired) electrons. The van der Waals surface area contributed by atoms with Crippen LogP contribution < -0.4 is 4.90 Å². The molecule has 2 aromatic carbocycles. The van der Waals surface area contributed by atoms with E-state index in [1.165, 1.54) is 41.3 Å². The van der Waals surface area contributed by atoms with Gasteiger partial charge in [-0.2, -0.15) is 0 Å². The third-order valence-electron chi connectivity index (χ3n) is 4.71. The van der Waals surface area contributed by atoms with E-state index in [4.69, 9.17) is 4.74 Å². The molecule has 27 heavy (non-hydrogen) atoms. The molecule has 0 fully saturated rings. The van der Waals surface area contributed by atoms with Crippen LogP contribution in [0.5, 0.6) is 0 Å². The van der Waals surface area contributed by atoms with Gasteiger partial charge >= 0.3 is 5.97 Å². The molecule has 7 nitrogen and oxygen atoms in total. The van der Waals surface area contributed by atoms with Crippen LogP contribution in [0.2, 0.25) is 0 Å². The molecule has 2 aliphatic rings. The number of carbonyl (C=O) groups is 2. The molecule has 0 unspecified atom stereocenters. The number of rotatable bonds is 3. The number of nitrogens with zero attached hydrogens (tertiary/aromatic N) is 2. The van der Waals surface area contributed by atoms with E-state index >= 15 is 0 Å². The van der Waals surface area contributed by atoms with Crippen molar-refractivity contribution in [3.05, 3.63) is 81.3 Å². The van der Waals surface area contributed by atoms with Gasteiger partial charge in [0.05, 0.1) is 16.2 Å². The van der Waals surface area contributed by atoms with Crippen molar-refractivity contribution in [2.45, 2.75) is 12.3 Å². The van der Waals surface area contributed by atoms with E-state index in [0.717, 1.165) is 0 Å². The Morgan fingerprint density at radius 3 is 2.37 bits per heavy atom. The van der Waals surface area contributed by atoms with Crippen LogP contribution in [-0.4, -0.2) is 23.4 Å². The number of benzene rings is 2. The zero-order chi connectivity index (χ0) is 19.1. The number of nitro groups is 1. The predicted molar refractivity (Wildman–Crippen MR) is 92.3 cm³/mol. The van der Waals surface area contributed by atoms with E-state index in [0.29, 0.717) is 22.5 Å². The highest BCUT2D eigenvalue weighted by atomic mass is 19.1. The molecule has 0 saturated heterocycles. The number of non-ortho nitro benzene ring substituents is 1. The summed E-state index contributed by atoms with van der Waals surface area (Å²) in [6.07, 6.45) is 0.00310. The monoisotopic (exact) mass is 368 g/mol. The summed E-state index contributed by atoms with van der Waals surface area (Å²) in [6.45, 7) is -0.0548. The fourth-order valence-corrected chi connectivity index (χ4v) is 3.46. The van der Waals surface area contributed by atoms with Gasteiger partial charge in [0, 0.05) is 30.2 Å². The van der Waals surface area contributed by atoms with Gasteiger partial charge in [0.2, 0.25) is 5.91 Å². The fraction of sp³-hybridized carbons (Fsp3) is 0.158. The molecule has 2 aromatic rings. The molecule has 8 heteroatoms. The first-order valence-electron chi connectivity index (χ1n) is 8.19. The number of hydrogen-bond acceptors (Lipinski definition) is 5. The Morgan fingerprint density at radius 2 is 1.74 bits per heavy atom. The zero-order valence-corrected chi connectivity index (χ0v) is 13.9. The number of anilines is 1. The molecule has 0 N–H and O–H groups in total. The fourth-order valence-electron chi connectivity index (χ4n) is 3.46. The summed E-state index contributed by atoms with van der Waals surface area (Å²) in [5.74, 6) is -1.75. The van der Waals surface area contributed by atoms with Gasteiger partial charge in [0.1, 0.15) is 12.4 Å². The lowest BCUT2D eigenvalue weighted by atomic mass is 9.84. The van der Waals surface area contributed by atoms with Crippen molar-refractivity contribution >= 4 is 23.3 Å². The maximum Gasteiger partial charge on any atom is 0.336 e. The van der Waals surface area contributed by atoms with Crippen molar-refractivity contribution in [1.82, 2.24) is 0 Å². The van der Waals surface area contributed by atoms with Gasteiger partial charge in [0.15, 0.2) is 0 Å². The van der Waals surface area contributed by atoms with Gasteiger partial charge in [-0.1, -0.05) is 12.1 Å². The minimum atomic E-state index is -0.542. The average molecular weight is 368 g/mol. The molecule has 0 spiro atoms. The van der Waals surface area contributed by atoms with Gasteiger partial charge in [-0.25, -0.2) is 9.18 Å². The van der Waals surface area contributed by atoms with Crippen LogP contribution in [0.3, 0.4) is 0 Å². The van der Waals surface area contributed by atoms with E-state index in [9.17, 15) is 24.1 Å². The quantitative estimate of drug-likeness (QED) is 0.472. The number of ether oxygens (including phenoxy) is 1.